The van der Waals surface area contributed by atoms with Gasteiger partial charge in [-0.1, -0.05) is 6.07 Å². The molecule has 2 rings (SSSR count). The van der Waals surface area contributed by atoms with E-state index in [1.165, 1.54) is 19.6 Å². The van der Waals surface area contributed by atoms with Crippen LogP contribution in [-0.4, -0.2) is 32.7 Å². The summed E-state index contributed by atoms with van der Waals surface area (Å²) in [6.45, 7) is 2.63. The van der Waals surface area contributed by atoms with Crippen molar-refractivity contribution in [3.63, 3.8) is 0 Å². The van der Waals surface area contributed by atoms with E-state index in [1.807, 2.05) is 6.07 Å². The molecular weight excluding hydrogens is 271 g/mol. The van der Waals surface area contributed by atoms with E-state index >= 15 is 0 Å². The SMILES string of the molecule is COc1ccc(CCNC(=O)CCC2CCNC2)cc1F. The van der Waals surface area contributed by atoms with Gasteiger partial charge in [0.2, 0.25) is 5.91 Å². The second-order valence-electron chi connectivity index (χ2n) is 5.47. The molecule has 1 aromatic carbocycles. The molecule has 0 saturated carbocycles. The standard InChI is InChI=1S/C16H23FN2O2/c1-21-15-4-2-12(10-14(15)17)7-9-19-16(20)5-3-13-6-8-18-11-13/h2,4,10,13,18H,3,5-9,11H2,1H3,(H,19,20). The number of carbonyl (C=O) groups excluding carboxylic acids is 1. The fraction of sp³-hybridized carbons (Fsp3) is 0.562. The third kappa shape index (κ3) is 5.01. The van der Waals surface area contributed by atoms with Gasteiger partial charge in [0.05, 0.1) is 7.11 Å². The Morgan fingerprint density at radius 1 is 1.52 bits per heavy atom. The van der Waals surface area contributed by atoms with Gasteiger partial charge in [-0.05, 0) is 56.0 Å². The number of nitrogens with one attached hydrogen (secondary N) is 2. The van der Waals surface area contributed by atoms with Crippen LogP contribution in [0.3, 0.4) is 0 Å². The molecule has 1 amide bonds. The first kappa shape index (κ1) is 15.8. The molecule has 116 valence electrons. The van der Waals surface area contributed by atoms with Crippen molar-refractivity contribution in [1.82, 2.24) is 10.6 Å². The zero-order valence-corrected chi connectivity index (χ0v) is 12.5. The molecular formula is C16H23FN2O2. The maximum atomic E-state index is 13.5. The van der Waals surface area contributed by atoms with Crippen molar-refractivity contribution >= 4 is 5.91 Å². The molecule has 1 fully saturated rings. The highest BCUT2D eigenvalue weighted by atomic mass is 19.1. The first-order valence-corrected chi connectivity index (χ1v) is 7.49. The van der Waals surface area contributed by atoms with E-state index in [0.717, 1.165) is 25.1 Å². The third-order valence-corrected chi connectivity index (χ3v) is 3.89. The lowest BCUT2D eigenvalue weighted by Gasteiger charge is -2.09. The molecule has 1 atom stereocenters. The van der Waals surface area contributed by atoms with Crippen LogP contribution in [0.15, 0.2) is 18.2 Å². The molecule has 0 aliphatic carbocycles. The average molecular weight is 294 g/mol. The summed E-state index contributed by atoms with van der Waals surface area (Å²) < 4.78 is 18.4. The molecule has 0 aromatic heterocycles. The molecule has 1 aliphatic heterocycles. The van der Waals surface area contributed by atoms with Crippen LogP contribution in [0.2, 0.25) is 0 Å². The minimum Gasteiger partial charge on any atom is -0.494 e. The van der Waals surface area contributed by atoms with Crippen molar-refractivity contribution < 1.29 is 13.9 Å². The molecule has 1 heterocycles. The summed E-state index contributed by atoms with van der Waals surface area (Å²) in [6, 6.07) is 4.88. The van der Waals surface area contributed by atoms with Crippen molar-refractivity contribution in [3.8, 4) is 5.75 Å². The van der Waals surface area contributed by atoms with E-state index in [2.05, 4.69) is 10.6 Å². The number of benzene rings is 1. The molecule has 1 aliphatic rings. The monoisotopic (exact) mass is 294 g/mol. The number of amides is 1. The number of hydrogen-bond donors (Lipinski definition) is 2. The van der Waals surface area contributed by atoms with Crippen LogP contribution in [0.4, 0.5) is 4.39 Å². The zero-order valence-electron chi connectivity index (χ0n) is 12.5. The molecule has 4 nitrogen and oxygen atoms in total. The van der Waals surface area contributed by atoms with Gasteiger partial charge in [-0.25, -0.2) is 4.39 Å². The second kappa shape index (κ2) is 7.98. The highest BCUT2D eigenvalue weighted by molar-refractivity contribution is 5.75. The predicted octanol–water partition coefficient (Wildman–Crippen LogP) is 1.88. The number of ether oxygens (including phenoxy) is 1. The van der Waals surface area contributed by atoms with E-state index < -0.39 is 0 Å². The Balaban J connectivity index is 1.66. The quantitative estimate of drug-likeness (QED) is 0.807. The van der Waals surface area contributed by atoms with E-state index in [4.69, 9.17) is 4.74 Å². The van der Waals surface area contributed by atoms with Crippen LogP contribution < -0.4 is 15.4 Å². The molecule has 0 bridgehead atoms. The van der Waals surface area contributed by atoms with Gasteiger partial charge in [0.1, 0.15) is 0 Å². The number of methoxy groups -OCH3 is 1. The van der Waals surface area contributed by atoms with Gasteiger partial charge < -0.3 is 15.4 Å². The molecule has 5 heteroatoms. The number of carbonyl (C=O) groups is 1. The Morgan fingerprint density at radius 3 is 3.05 bits per heavy atom. The minimum atomic E-state index is -0.366. The van der Waals surface area contributed by atoms with Gasteiger partial charge in [0, 0.05) is 13.0 Å². The first-order valence-electron chi connectivity index (χ1n) is 7.49. The lowest BCUT2D eigenvalue weighted by Crippen LogP contribution is -2.26. The fourth-order valence-corrected chi connectivity index (χ4v) is 2.60. The second-order valence-corrected chi connectivity index (χ2v) is 5.47. The Kier molecular flexibility index (Phi) is 5.99. The largest absolute Gasteiger partial charge is 0.494 e. The number of rotatable bonds is 7. The Labute approximate surface area is 125 Å². The first-order chi connectivity index (χ1) is 10.2. The third-order valence-electron chi connectivity index (χ3n) is 3.89. The van der Waals surface area contributed by atoms with Crippen molar-refractivity contribution in [2.24, 2.45) is 5.92 Å². The molecule has 2 N–H and O–H groups in total. The highest BCUT2D eigenvalue weighted by Gasteiger charge is 2.15. The predicted molar refractivity (Wildman–Crippen MR) is 79.9 cm³/mol. The van der Waals surface area contributed by atoms with Crippen LogP contribution in [0.1, 0.15) is 24.8 Å². The van der Waals surface area contributed by atoms with Gasteiger partial charge in [-0.2, -0.15) is 0 Å². The number of halogens is 1. The van der Waals surface area contributed by atoms with Crippen LogP contribution >= 0.6 is 0 Å². The zero-order chi connectivity index (χ0) is 15.1. The van der Waals surface area contributed by atoms with Crippen molar-refractivity contribution in [2.45, 2.75) is 25.7 Å². The molecule has 0 spiro atoms. The van der Waals surface area contributed by atoms with Crippen LogP contribution in [0.25, 0.3) is 0 Å². The summed E-state index contributed by atoms with van der Waals surface area (Å²) in [5.74, 6) is 0.588. The molecule has 1 saturated heterocycles. The summed E-state index contributed by atoms with van der Waals surface area (Å²) in [5.41, 5.74) is 0.855. The van der Waals surface area contributed by atoms with Gasteiger partial charge in [-0.3, -0.25) is 4.79 Å². The van der Waals surface area contributed by atoms with Crippen molar-refractivity contribution in [3.05, 3.63) is 29.6 Å². The number of hydrogen-bond acceptors (Lipinski definition) is 3. The lowest BCUT2D eigenvalue weighted by atomic mass is 10.0. The summed E-state index contributed by atoms with van der Waals surface area (Å²) >= 11 is 0. The smallest absolute Gasteiger partial charge is 0.220 e. The van der Waals surface area contributed by atoms with Crippen LogP contribution in [0.5, 0.6) is 5.75 Å². The van der Waals surface area contributed by atoms with Gasteiger partial charge in [-0.15, -0.1) is 0 Å². The highest BCUT2D eigenvalue weighted by Crippen LogP contribution is 2.18. The summed E-state index contributed by atoms with van der Waals surface area (Å²) in [5, 5.41) is 6.19. The minimum absolute atomic E-state index is 0.0795. The van der Waals surface area contributed by atoms with E-state index in [1.54, 1.807) is 6.07 Å². The molecule has 21 heavy (non-hydrogen) atoms. The van der Waals surface area contributed by atoms with Crippen LogP contribution in [0, 0.1) is 11.7 Å². The normalized spacial score (nSPS) is 17.7. The van der Waals surface area contributed by atoms with Gasteiger partial charge >= 0.3 is 0 Å². The Morgan fingerprint density at radius 2 is 2.38 bits per heavy atom. The van der Waals surface area contributed by atoms with Crippen molar-refractivity contribution in [2.75, 3.05) is 26.7 Å². The van der Waals surface area contributed by atoms with Crippen LogP contribution in [-0.2, 0) is 11.2 Å². The van der Waals surface area contributed by atoms with Gasteiger partial charge in [0.15, 0.2) is 11.6 Å². The maximum Gasteiger partial charge on any atom is 0.220 e. The topological polar surface area (TPSA) is 50.4 Å². The van der Waals surface area contributed by atoms with E-state index in [0.29, 0.717) is 25.3 Å². The lowest BCUT2D eigenvalue weighted by molar-refractivity contribution is -0.121. The summed E-state index contributed by atoms with van der Waals surface area (Å²) in [7, 11) is 1.44. The molecule has 1 unspecified atom stereocenters. The van der Waals surface area contributed by atoms with Gasteiger partial charge in [0.25, 0.3) is 0 Å². The molecule has 1 aromatic rings. The summed E-state index contributed by atoms with van der Waals surface area (Å²) in [4.78, 5) is 11.7. The maximum absolute atomic E-state index is 13.5. The fourth-order valence-electron chi connectivity index (χ4n) is 2.60. The Hall–Kier alpha value is -1.62. The van der Waals surface area contributed by atoms with E-state index in [9.17, 15) is 9.18 Å². The molecule has 0 radical (unpaired) electrons. The van der Waals surface area contributed by atoms with Crippen molar-refractivity contribution in [1.29, 1.82) is 0 Å². The average Bonchev–Trinajstić information content (AvgIpc) is 2.99. The Bertz CT molecular complexity index is 473. The van der Waals surface area contributed by atoms with E-state index in [-0.39, 0.29) is 17.5 Å². The summed E-state index contributed by atoms with van der Waals surface area (Å²) in [6.07, 6.45) is 3.30.